The van der Waals surface area contributed by atoms with Crippen molar-refractivity contribution in [3.8, 4) is 5.69 Å². The van der Waals surface area contributed by atoms with E-state index in [2.05, 4.69) is 10.4 Å². The molecule has 2 aromatic carbocycles. The lowest BCUT2D eigenvalue weighted by atomic mass is 10.2. The third-order valence-electron chi connectivity index (χ3n) is 3.56. The van der Waals surface area contributed by atoms with Gasteiger partial charge >= 0.3 is 6.18 Å². The molecule has 0 unspecified atom stereocenters. The summed E-state index contributed by atoms with van der Waals surface area (Å²) in [5.74, 6) is -1.43. The first-order chi connectivity index (χ1) is 12.7. The topological polar surface area (TPSA) is 64.0 Å². The quantitative estimate of drug-likeness (QED) is 0.709. The van der Waals surface area contributed by atoms with E-state index in [0.29, 0.717) is 5.69 Å². The molecule has 1 N–H and O–H groups in total. The van der Waals surface area contributed by atoms with Crippen molar-refractivity contribution in [3.63, 3.8) is 0 Å². The molecular weight excluding hydrogens is 366 g/mol. The molecule has 0 aliphatic carbocycles. The van der Waals surface area contributed by atoms with Gasteiger partial charge in [0.2, 0.25) is 5.43 Å². The zero-order valence-electron chi connectivity index (χ0n) is 13.5. The van der Waals surface area contributed by atoms with Crippen LogP contribution in [0.1, 0.15) is 16.1 Å². The number of aromatic nitrogens is 2. The lowest BCUT2D eigenvalue weighted by molar-refractivity contribution is -0.137. The number of rotatable bonds is 3. The molecule has 5 nitrogen and oxygen atoms in total. The molecule has 0 aliphatic heterocycles. The van der Waals surface area contributed by atoms with E-state index in [1.54, 1.807) is 0 Å². The highest BCUT2D eigenvalue weighted by atomic mass is 19.4. The molecule has 0 saturated heterocycles. The van der Waals surface area contributed by atoms with Crippen LogP contribution in [-0.4, -0.2) is 15.7 Å². The van der Waals surface area contributed by atoms with Crippen LogP contribution in [0.2, 0.25) is 0 Å². The summed E-state index contributed by atoms with van der Waals surface area (Å²) in [6, 6.07) is 10.2. The Morgan fingerprint density at radius 2 is 1.74 bits per heavy atom. The first-order valence-corrected chi connectivity index (χ1v) is 7.58. The summed E-state index contributed by atoms with van der Waals surface area (Å²) in [4.78, 5) is 24.2. The van der Waals surface area contributed by atoms with Gasteiger partial charge in [-0.2, -0.15) is 18.3 Å². The first-order valence-electron chi connectivity index (χ1n) is 7.58. The zero-order valence-corrected chi connectivity index (χ0v) is 13.5. The Hall–Kier alpha value is -3.49. The van der Waals surface area contributed by atoms with Gasteiger partial charge in [-0.3, -0.25) is 9.59 Å². The van der Waals surface area contributed by atoms with Gasteiger partial charge in [-0.05, 0) is 42.5 Å². The van der Waals surface area contributed by atoms with E-state index in [1.165, 1.54) is 41.2 Å². The van der Waals surface area contributed by atoms with Gasteiger partial charge in [-0.1, -0.05) is 6.07 Å². The molecular formula is C18H11F4N3O2. The van der Waals surface area contributed by atoms with E-state index in [1.807, 2.05) is 0 Å². The molecule has 0 radical (unpaired) electrons. The fourth-order valence-electron chi connectivity index (χ4n) is 2.27. The fraction of sp³-hybridized carbons (Fsp3) is 0.0556. The summed E-state index contributed by atoms with van der Waals surface area (Å²) >= 11 is 0. The number of anilines is 1. The molecule has 0 aliphatic rings. The number of nitrogens with zero attached hydrogens (tertiary/aromatic N) is 2. The average Bonchev–Trinajstić information content (AvgIpc) is 2.62. The van der Waals surface area contributed by atoms with Crippen LogP contribution in [0.15, 0.2) is 65.6 Å². The maximum absolute atomic E-state index is 13.0. The Morgan fingerprint density at radius 3 is 2.41 bits per heavy atom. The molecule has 0 saturated carbocycles. The molecule has 0 atom stereocenters. The molecule has 1 aromatic heterocycles. The summed E-state index contributed by atoms with van der Waals surface area (Å²) in [5.41, 5.74) is -1.90. The highest BCUT2D eigenvalue weighted by Gasteiger charge is 2.30. The predicted octanol–water partition coefficient (Wildman–Crippen LogP) is 3.64. The highest BCUT2D eigenvalue weighted by molar-refractivity contribution is 6.02. The number of carbonyl (C=O) groups excluding carboxylic acids is 1. The molecule has 138 valence electrons. The van der Waals surface area contributed by atoms with E-state index in [0.717, 1.165) is 24.3 Å². The largest absolute Gasteiger partial charge is 0.416 e. The maximum atomic E-state index is 13.0. The Labute approximate surface area is 149 Å². The van der Waals surface area contributed by atoms with E-state index < -0.39 is 34.6 Å². The zero-order chi connectivity index (χ0) is 19.6. The van der Waals surface area contributed by atoms with Crippen molar-refractivity contribution in [2.75, 3.05) is 5.32 Å². The first kappa shape index (κ1) is 18.3. The van der Waals surface area contributed by atoms with Gasteiger partial charge in [0.05, 0.1) is 11.3 Å². The van der Waals surface area contributed by atoms with Crippen molar-refractivity contribution in [1.29, 1.82) is 0 Å². The van der Waals surface area contributed by atoms with Crippen molar-refractivity contribution >= 4 is 11.6 Å². The minimum absolute atomic E-state index is 0.131. The van der Waals surface area contributed by atoms with Crippen molar-refractivity contribution in [1.82, 2.24) is 9.78 Å². The van der Waals surface area contributed by atoms with Crippen LogP contribution in [0.5, 0.6) is 0 Å². The van der Waals surface area contributed by atoms with Gasteiger partial charge in [0.25, 0.3) is 5.91 Å². The number of hydrogen-bond donors (Lipinski definition) is 1. The molecule has 0 spiro atoms. The van der Waals surface area contributed by atoms with E-state index in [-0.39, 0.29) is 5.69 Å². The fourth-order valence-corrected chi connectivity index (χ4v) is 2.27. The molecule has 27 heavy (non-hydrogen) atoms. The standard InChI is InChI=1S/C18H11F4N3O2/c19-12-4-6-14(7-5-12)25-9-8-15(26)16(24-25)17(27)23-13-3-1-2-11(10-13)18(20,21)22/h1-10H,(H,23,27). The second kappa shape index (κ2) is 7.02. The number of nitrogens with one attached hydrogen (secondary N) is 1. The number of amides is 1. The van der Waals surface area contributed by atoms with Crippen molar-refractivity contribution in [2.24, 2.45) is 0 Å². The predicted molar refractivity (Wildman–Crippen MR) is 89.2 cm³/mol. The number of halogens is 4. The van der Waals surface area contributed by atoms with Crippen LogP contribution in [0, 0.1) is 5.82 Å². The van der Waals surface area contributed by atoms with Gasteiger partial charge in [0.15, 0.2) is 5.69 Å². The number of alkyl halides is 3. The monoisotopic (exact) mass is 377 g/mol. The molecule has 0 bridgehead atoms. The van der Waals surface area contributed by atoms with Crippen molar-refractivity contribution in [2.45, 2.75) is 6.18 Å². The van der Waals surface area contributed by atoms with Gasteiger partial charge in [-0.25, -0.2) is 9.07 Å². The van der Waals surface area contributed by atoms with Crippen LogP contribution >= 0.6 is 0 Å². The summed E-state index contributed by atoms with van der Waals surface area (Å²) in [7, 11) is 0. The molecule has 0 fully saturated rings. The minimum atomic E-state index is -4.57. The third-order valence-corrected chi connectivity index (χ3v) is 3.56. The second-order valence-electron chi connectivity index (χ2n) is 5.48. The Kier molecular flexibility index (Phi) is 4.76. The number of hydrogen-bond acceptors (Lipinski definition) is 3. The van der Waals surface area contributed by atoms with Crippen LogP contribution in [0.25, 0.3) is 5.69 Å². The molecule has 3 aromatic rings. The summed E-state index contributed by atoms with van der Waals surface area (Å²) in [5, 5.41) is 6.11. The Morgan fingerprint density at radius 1 is 1.04 bits per heavy atom. The number of carbonyl (C=O) groups is 1. The molecule has 9 heteroatoms. The lowest BCUT2D eigenvalue weighted by Gasteiger charge is -2.10. The summed E-state index contributed by atoms with van der Waals surface area (Å²) in [6.45, 7) is 0. The summed E-state index contributed by atoms with van der Waals surface area (Å²) in [6.07, 6.45) is -3.28. The third kappa shape index (κ3) is 4.20. The van der Waals surface area contributed by atoms with Crippen LogP contribution in [0.3, 0.4) is 0 Å². The SMILES string of the molecule is O=C(Nc1cccc(C(F)(F)F)c1)c1nn(-c2ccc(F)cc2)ccc1=O. The highest BCUT2D eigenvalue weighted by Crippen LogP contribution is 2.30. The van der Waals surface area contributed by atoms with E-state index in [9.17, 15) is 27.2 Å². The Balaban J connectivity index is 1.90. The molecule has 3 rings (SSSR count). The van der Waals surface area contributed by atoms with Crippen molar-refractivity contribution < 1.29 is 22.4 Å². The van der Waals surface area contributed by atoms with Gasteiger partial charge in [0.1, 0.15) is 5.82 Å². The smallest absolute Gasteiger partial charge is 0.320 e. The van der Waals surface area contributed by atoms with Gasteiger partial charge < -0.3 is 5.32 Å². The minimum Gasteiger partial charge on any atom is -0.320 e. The van der Waals surface area contributed by atoms with Crippen LogP contribution in [0.4, 0.5) is 23.2 Å². The number of benzene rings is 2. The molecule has 1 heterocycles. The van der Waals surface area contributed by atoms with Crippen LogP contribution < -0.4 is 10.7 Å². The maximum Gasteiger partial charge on any atom is 0.416 e. The average molecular weight is 377 g/mol. The second-order valence-corrected chi connectivity index (χ2v) is 5.48. The normalized spacial score (nSPS) is 11.3. The van der Waals surface area contributed by atoms with Gasteiger partial charge in [-0.15, -0.1) is 0 Å². The molecule has 1 amide bonds. The summed E-state index contributed by atoms with van der Waals surface area (Å²) < 4.78 is 52.5. The Bertz CT molecular complexity index is 1040. The lowest BCUT2D eigenvalue weighted by Crippen LogP contribution is -2.25. The van der Waals surface area contributed by atoms with Crippen molar-refractivity contribution in [3.05, 3.63) is 88.1 Å². The van der Waals surface area contributed by atoms with Crippen LogP contribution in [-0.2, 0) is 6.18 Å². The van der Waals surface area contributed by atoms with Gasteiger partial charge in [0, 0.05) is 18.0 Å². The van der Waals surface area contributed by atoms with E-state index in [4.69, 9.17) is 0 Å². The van der Waals surface area contributed by atoms with E-state index >= 15 is 0 Å².